The van der Waals surface area contributed by atoms with E-state index in [1.807, 2.05) is 19.0 Å². The fourth-order valence-electron chi connectivity index (χ4n) is 3.26. The molecule has 2 aromatic rings. The lowest BCUT2D eigenvalue weighted by Gasteiger charge is -2.23. The molecule has 0 aromatic carbocycles. The van der Waals surface area contributed by atoms with Gasteiger partial charge < -0.3 is 9.80 Å². The summed E-state index contributed by atoms with van der Waals surface area (Å²) in [5.41, 5.74) is 0.126. The molecule has 2 aromatic heterocycles. The Kier molecular flexibility index (Phi) is 4.16. The van der Waals surface area contributed by atoms with E-state index in [0.29, 0.717) is 24.0 Å². The predicted octanol–water partition coefficient (Wildman–Crippen LogP) is -0.310. The van der Waals surface area contributed by atoms with Gasteiger partial charge in [-0.05, 0) is 26.1 Å². The Morgan fingerprint density at radius 2 is 2.13 bits per heavy atom. The van der Waals surface area contributed by atoms with Crippen molar-refractivity contribution < 1.29 is 4.79 Å². The van der Waals surface area contributed by atoms with E-state index in [2.05, 4.69) is 22.0 Å². The van der Waals surface area contributed by atoms with Gasteiger partial charge in [-0.3, -0.25) is 9.59 Å². The van der Waals surface area contributed by atoms with Crippen LogP contribution >= 0.6 is 0 Å². The van der Waals surface area contributed by atoms with Gasteiger partial charge in [0.1, 0.15) is 18.4 Å². The van der Waals surface area contributed by atoms with E-state index in [-0.39, 0.29) is 18.0 Å². The molecule has 0 spiro atoms. The largest absolute Gasteiger partial charge is 0.339 e. The van der Waals surface area contributed by atoms with E-state index in [1.165, 1.54) is 15.5 Å². The SMILES string of the molecule is CC[C@@H]1CN(C(=O)Cn2ncn3nccc3c2=O)C[C@H]1N(C)C. The quantitative estimate of drug-likeness (QED) is 0.773. The number of aromatic nitrogens is 4. The van der Waals surface area contributed by atoms with Gasteiger partial charge in [-0.2, -0.15) is 10.2 Å². The maximum Gasteiger partial charge on any atom is 0.293 e. The second-order valence-electron chi connectivity index (χ2n) is 6.25. The Balaban J connectivity index is 1.76. The molecule has 8 nitrogen and oxygen atoms in total. The van der Waals surface area contributed by atoms with Crippen molar-refractivity contribution in [1.82, 2.24) is 29.2 Å². The Morgan fingerprint density at radius 1 is 1.35 bits per heavy atom. The van der Waals surface area contributed by atoms with Gasteiger partial charge in [0.15, 0.2) is 0 Å². The fourth-order valence-corrected chi connectivity index (χ4v) is 3.26. The third-order valence-corrected chi connectivity index (χ3v) is 4.66. The Bertz CT molecular complexity index is 765. The molecule has 1 aliphatic heterocycles. The molecule has 1 saturated heterocycles. The molecular weight excluding hydrogens is 296 g/mol. The van der Waals surface area contributed by atoms with Crippen molar-refractivity contribution in [3.63, 3.8) is 0 Å². The Morgan fingerprint density at radius 3 is 2.78 bits per heavy atom. The monoisotopic (exact) mass is 318 g/mol. The number of likely N-dealkylation sites (tertiary alicyclic amines) is 1. The number of carbonyl (C=O) groups is 1. The van der Waals surface area contributed by atoms with E-state index < -0.39 is 0 Å². The van der Waals surface area contributed by atoms with Crippen molar-refractivity contribution >= 4 is 11.4 Å². The summed E-state index contributed by atoms with van der Waals surface area (Å²) >= 11 is 0. The zero-order valence-corrected chi connectivity index (χ0v) is 13.7. The predicted molar refractivity (Wildman–Crippen MR) is 85.1 cm³/mol. The maximum atomic E-state index is 12.6. The van der Waals surface area contributed by atoms with Gasteiger partial charge >= 0.3 is 0 Å². The number of carbonyl (C=O) groups excluding carboxylic acids is 1. The molecule has 0 radical (unpaired) electrons. The highest BCUT2D eigenvalue weighted by Crippen LogP contribution is 2.23. The molecule has 0 aliphatic carbocycles. The summed E-state index contributed by atoms with van der Waals surface area (Å²) in [4.78, 5) is 28.9. The van der Waals surface area contributed by atoms with E-state index >= 15 is 0 Å². The lowest BCUT2D eigenvalue weighted by Crippen LogP contribution is -2.39. The molecule has 0 N–H and O–H groups in total. The van der Waals surface area contributed by atoms with Crippen LogP contribution in [0.25, 0.3) is 5.52 Å². The smallest absolute Gasteiger partial charge is 0.293 e. The maximum absolute atomic E-state index is 12.6. The minimum absolute atomic E-state index is 0.0307. The molecule has 0 unspecified atom stereocenters. The number of nitrogens with zero attached hydrogens (tertiary/aromatic N) is 6. The molecule has 1 fully saturated rings. The van der Waals surface area contributed by atoms with Crippen molar-refractivity contribution in [2.24, 2.45) is 5.92 Å². The molecule has 3 heterocycles. The average molecular weight is 318 g/mol. The summed E-state index contributed by atoms with van der Waals surface area (Å²) in [5.74, 6) is 0.405. The molecular formula is C15H22N6O2. The van der Waals surface area contributed by atoms with Crippen LogP contribution in [0.15, 0.2) is 23.4 Å². The topological polar surface area (TPSA) is 75.7 Å². The van der Waals surface area contributed by atoms with Crippen LogP contribution in [0.5, 0.6) is 0 Å². The van der Waals surface area contributed by atoms with Crippen LogP contribution in [0.3, 0.4) is 0 Å². The summed E-state index contributed by atoms with van der Waals surface area (Å²) in [5, 5.41) is 8.00. The highest BCUT2D eigenvalue weighted by atomic mass is 16.2. The highest BCUT2D eigenvalue weighted by Gasteiger charge is 2.35. The number of hydrogen-bond acceptors (Lipinski definition) is 5. The van der Waals surface area contributed by atoms with Crippen LogP contribution in [-0.2, 0) is 11.3 Å². The number of amides is 1. The summed E-state index contributed by atoms with van der Waals surface area (Å²) in [6.07, 6.45) is 4.02. The van der Waals surface area contributed by atoms with Crippen molar-refractivity contribution in [1.29, 1.82) is 0 Å². The average Bonchev–Trinajstić information content (AvgIpc) is 3.16. The van der Waals surface area contributed by atoms with Crippen LogP contribution in [0.2, 0.25) is 0 Å². The molecule has 23 heavy (non-hydrogen) atoms. The van der Waals surface area contributed by atoms with Crippen molar-refractivity contribution in [3.8, 4) is 0 Å². The number of fused-ring (bicyclic) bond motifs is 1. The summed E-state index contributed by atoms with van der Waals surface area (Å²) in [6.45, 7) is 3.56. The number of likely N-dealkylation sites (N-methyl/N-ethyl adjacent to an activating group) is 1. The van der Waals surface area contributed by atoms with Crippen molar-refractivity contribution in [3.05, 3.63) is 28.9 Å². The normalized spacial score (nSPS) is 21.5. The molecule has 0 bridgehead atoms. The second-order valence-corrected chi connectivity index (χ2v) is 6.25. The van der Waals surface area contributed by atoms with Crippen LogP contribution < -0.4 is 5.56 Å². The standard InChI is InChI=1S/C15H22N6O2/c1-4-11-7-19(8-13(11)18(2)3)14(22)9-20-15(23)12-5-6-16-21(12)10-17-20/h5-6,10-11,13H,4,7-9H2,1-3H3/t11-,13-/m1/s1. The van der Waals surface area contributed by atoms with Crippen molar-refractivity contribution in [2.45, 2.75) is 25.9 Å². The van der Waals surface area contributed by atoms with E-state index in [0.717, 1.165) is 13.0 Å². The van der Waals surface area contributed by atoms with Gasteiger partial charge in [-0.25, -0.2) is 9.20 Å². The second kappa shape index (κ2) is 6.11. The summed E-state index contributed by atoms with van der Waals surface area (Å²) in [7, 11) is 4.09. The molecule has 0 saturated carbocycles. The van der Waals surface area contributed by atoms with E-state index in [4.69, 9.17) is 0 Å². The molecule has 1 aliphatic rings. The first-order valence-electron chi connectivity index (χ1n) is 7.85. The minimum atomic E-state index is -0.297. The van der Waals surface area contributed by atoms with Crippen molar-refractivity contribution in [2.75, 3.05) is 27.2 Å². The zero-order chi connectivity index (χ0) is 16.6. The minimum Gasteiger partial charge on any atom is -0.339 e. The molecule has 1 amide bonds. The third kappa shape index (κ3) is 2.86. The molecule has 2 atom stereocenters. The molecule has 8 heteroatoms. The van der Waals surface area contributed by atoms with Gasteiger partial charge in [-0.15, -0.1) is 0 Å². The van der Waals surface area contributed by atoms with Crippen LogP contribution in [-0.4, -0.2) is 68.3 Å². The summed E-state index contributed by atoms with van der Waals surface area (Å²) < 4.78 is 2.62. The number of hydrogen-bond donors (Lipinski definition) is 0. The number of rotatable bonds is 4. The lowest BCUT2D eigenvalue weighted by atomic mass is 10.0. The first-order valence-corrected chi connectivity index (χ1v) is 7.85. The van der Waals surface area contributed by atoms with Crippen LogP contribution in [0.4, 0.5) is 0 Å². The molecule has 3 rings (SSSR count). The third-order valence-electron chi connectivity index (χ3n) is 4.66. The first-order chi connectivity index (χ1) is 11.0. The Hall–Kier alpha value is -2.22. The van der Waals surface area contributed by atoms with Crippen LogP contribution in [0.1, 0.15) is 13.3 Å². The fraction of sp³-hybridized carbons (Fsp3) is 0.600. The van der Waals surface area contributed by atoms with Crippen LogP contribution in [0, 0.1) is 5.92 Å². The van der Waals surface area contributed by atoms with E-state index in [1.54, 1.807) is 12.3 Å². The van der Waals surface area contributed by atoms with Gasteiger partial charge in [0.25, 0.3) is 5.56 Å². The lowest BCUT2D eigenvalue weighted by molar-refractivity contribution is -0.131. The van der Waals surface area contributed by atoms with Gasteiger partial charge in [0.05, 0.1) is 6.20 Å². The van der Waals surface area contributed by atoms with Gasteiger partial charge in [0, 0.05) is 19.1 Å². The van der Waals surface area contributed by atoms with Gasteiger partial charge in [-0.1, -0.05) is 13.3 Å². The highest BCUT2D eigenvalue weighted by molar-refractivity contribution is 5.76. The zero-order valence-electron chi connectivity index (χ0n) is 13.7. The molecule has 124 valence electrons. The van der Waals surface area contributed by atoms with E-state index in [9.17, 15) is 9.59 Å². The van der Waals surface area contributed by atoms with Gasteiger partial charge in [0.2, 0.25) is 5.91 Å². The first kappa shape index (κ1) is 15.7. The Labute approximate surface area is 134 Å². The summed E-state index contributed by atoms with van der Waals surface area (Å²) in [6, 6.07) is 1.99.